The lowest BCUT2D eigenvalue weighted by atomic mass is 10.3. The van der Waals surface area contributed by atoms with E-state index in [1.54, 1.807) is 6.92 Å². The number of halogens is 2. The van der Waals surface area contributed by atoms with Gasteiger partial charge in [-0.25, -0.2) is 18.7 Å². The molecule has 1 heterocycles. The number of nitrogens with zero attached hydrogens (tertiary/aromatic N) is 2. The summed E-state index contributed by atoms with van der Waals surface area (Å²) in [6, 6.07) is 1.47. The molecule has 16 heavy (non-hydrogen) atoms. The normalized spacial score (nSPS) is 12.6. The van der Waals surface area contributed by atoms with Gasteiger partial charge in [0.25, 0.3) is 6.43 Å². The van der Waals surface area contributed by atoms with Crippen molar-refractivity contribution in [3.63, 3.8) is 0 Å². The third-order valence-corrected chi connectivity index (χ3v) is 1.72. The van der Waals surface area contributed by atoms with E-state index in [-0.39, 0.29) is 6.54 Å². The van der Waals surface area contributed by atoms with Gasteiger partial charge in [0, 0.05) is 12.6 Å². The highest BCUT2D eigenvalue weighted by molar-refractivity contribution is 5.37. The molecule has 1 rings (SSSR count). The number of alkyl halides is 2. The number of hydrogen-bond donors (Lipinski definition) is 2. The van der Waals surface area contributed by atoms with Crippen molar-refractivity contribution < 1.29 is 18.6 Å². The number of aliphatic hydroxyl groups is 1. The van der Waals surface area contributed by atoms with Gasteiger partial charge in [-0.3, -0.25) is 0 Å². The summed E-state index contributed by atoms with van der Waals surface area (Å²) in [4.78, 5) is 7.60. The highest BCUT2D eigenvalue weighted by Crippen LogP contribution is 2.11. The zero-order valence-corrected chi connectivity index (χ0v) is 8.73. The van der Waals surface area contributed by atoms with Crippen LogP contribution in [0.3, 0.4) is 0 Å². The van der Waals surface area contributed by atoms with Crippen molar-refractivity contribution in [1.29, 1.82) is 0 Å². The number of aliphatic hydroxyl groups excluding tert-OH is 1. The Labute approximate surface area is 91.5 Å². The molecule has 1 aromatic rings. The Balaban J connectivity index is 2.50. The molecule has 0 saturated carbocycles. The summed E-state index contributed by atoms with van der Waals surface area (Å²) < 4.78 is 29.1. The Bertz CT molecular complexity index is 325. The van der Waals surface area contributed by atoms with Gasteiger partial charge in [0.05, 0.1) is 6.61 Å². The van der Waals surface area contributed by atoms with Crippen LogP contribution in [-0.4, -0.2) is 40.8 Å². The van der Waals surface area contributed by atoms with Crippen molar-refractivity contribution in [2.45, 2.75) is 19.5 Å². The molecule has 7 heteroatoms. The first-order valence-corrected chi connectivity index (χ1v) is 4.78. The van der Waals surface area contributed by atoms with E-state index < -0.39 is 12.5 Å². The Kier molecular flexibility index (Phi) is 4.84. The zero-order chi connectivity index (χ0) is 12.0. The first-order chi connectivity index (χ1) is 7.63. The van der Waals surface area contributed by atoms with Crippen molar-refractivity contribution in [1.82, 2.24) is 9.97 Å². The number of hydrogen-bond acceptors (Lipinski definition) is 5. The van der Waals surface area contributed by atoms with Crippen LogP contribution in [0, 0.1) is 0 Å². The van der Waals surface area contributed by atoms with Crippen LogP contribution < -0.4 is 10.1 Å². The fourth-order valence-corrected chi connectivity index (χ4v) is 0.961. The molecule has 1 aromatic heterocycles. The fraction of sp³-hybridized carbons (Fsp3) is 0.556. The van der Waals surface area contributed by atoms with Crippen LogP contribution in [0.5, 0.6) is 5.88 Å². The SMILES string of the molecule is CCOc1cc(NCC(O)C(F)F)ncn1. The molecule has 0 amide bonds. The minimum absolute atomic E-state index is 0.278. The second-order valence-electron chi connectivity index (χ2n) is 2.96. The summed E-state index contributed by atoms with van der Waals surface area (Å²) in [5.74, 6) is 0.685. The third-order valence-electron chi connectivity index (χ3n) is 1.72. The predicted molar refractivity (Wildman–Crippen MR) is 53.7 cm³/mol. The molecule has 5 nitrogen and oxygen atoms in total. The van der Waals surface area contributed by atoms with Crippen molar-refractivity contribution in [2.75, 3.05) is 18.5 Å². The molecule has 90 valence electrons. The number of aromatic nitrogens is 2. The number of nitrogens with one attached hydrogen (secondary N) is 1. The molecule has 1 unspecified atom stereocenters. The summed E-state index contributed by atoms with van der Waals surface area (Å²) in [5, 5.41) is 11.4. The van der Waals surface area contributed by atoms with Crippen molar-refractivity contribution in [3.8, 4) is 5.88 Å². The first-order valence-electron chi connectivity index (χ1n) is 4.78. The average Bonchev–Trinajstić information content (AvgIpc) is 2.26. The number of rotatable bonds is 6. The zero-order valence-electron chi connectivity index (χ0n) is 8.73. The molecule has 0 aliphatic heterocycles. The lowest BCUT2D eigenvalue weighted by molar-refractivity contribution is 0.00380. The Hall–Kier alpha value is -1.50. The van der Waals surface area contributed by atoms with Crippen LogP contribution in [0.1, 0.15) is 6.92 Å². The van der Waals surface area contributed by atoms with Crippen LogP contribution >= 0.6 is 0 Å². The molecule has 0 saturated heterocycles. The van der Waals surface area contributed by atoms with Gasteiger partial charge >= 0.3 is 0 Å². The fourth-order valence-electron chi connectivity index (χ4n) is 0.961. The van der Waals surface area contributed by atoms with Crippen LogP contribution in [0.15, 0.2) is 12.4 Å². The van der Waals surface area contributed by atoms with Crippen LogP contribution in [0.2, 0.25) is 0 Å². The molecular weight excluding hydrogens is 220 g/mol. The second-order valence-corrected chi connectivity index (χ2v) is 2.96. The van der Waals surface area contributed by atoms with Crippen molar-refractivity contribution in [2.24, 2.45) is 0 Å². The molecule has 0 spiro atoms. The van der Waals surface area contributed by atoms with E-state index in [4.69, 9.17) is 9.84 Å². The van der Waals surface area contributed by atoms with Crippen molar-refractivity contribution in [3.05, 3.63) is 12.4 Å². The molecule has 1 atom stereocenters. The van der Waals surface area contributed by atoms with Gasteiger partial charge in [-0.05, 0) is 6.92 Å². The van der Waals surface area contributed by atoms with E-state index in [1.165, 1.54) is 12.4 Å². The maximum Gasteiger partial charge on any atom is 0.265 e. The Morgan fingerprint density at radius 2 is 2.25 bits per heavy atom. The van der Waals surface area contributed by atoms with Gasteiger partial charge < -0.3 is 15.2 Å². The van der Waals surface area contributed by atoms with E-state index in [0.29, 0.717) is 18.3 Å². The molecule has 0 bridgehead atoms. The summed E-state index contributed by atoms with van der Waals surface area (Å²) in [6.45, 7) is 1.98. The van der Waals surface area contributed by atoms with Gasteiger partial charge in [-0.2, -0.15) is 0 Å². The molecule has 0 aliphatic rings. The lowest BCUT2D eigenvalue weighted by Crippen LogP contribution is -2.27. The van der Waals surface area contributed by atoms with Gasteiger partial charge in [-0.15, -0.1) is 0 Å². The largest absolute Gasteiger partial charge is 0.478 e. The minimum atomic E-state index is -2.78. The van der Waals surface area contributed by atoms with E-state index >= 15 is 0 Å². The second kappa shape index (κ2) is 6.16. The lowest BCUT2D eigenvalue weighted by Gasteiger charge is -2.11. The van der Waals surface area contributed by atoms with Crippen LogP contribution in [0.25, 0.3) is 0 Å². The topological polar surface area (TPSA) is 67.3 Å². The summed E-state index contributed by atoms with van der Waals surface area (Å²) in [6.07, 6.45) is -3.24. The van der Waals surface area contributed by atoms with Crippen LogP contribution in [-0.2, 0) is 0 Å². The van der Waals surface area contributed by atoms with Crippen LogP contribution in [0.4, 0.5) is 14.6 Å². The molecule has 0 aromatic carbocycles. The molecule has 2 N–H and O–H groups in total. The Morgan fingerprint density at radius 3 is 2.88 bits per heavy atom. The average molecular weight is 233 g/mol. The molecule has 0 radical (unpaired) electrons. The smallest absolute Gasteiger partial charge is 0.265 e. The quantitative estimate of drug-likeness (QED) is 0.764. The van der Waals surface area contributed by atoms with E-state index in [0.717, 1.165) is 0 Å². The maximum atomic E-state index is 12.0. The maximum absolute atomic E-state index is 12.0. The summed E-state index contributed by atoms with van der Waals surface area (Å²) >= 11 is 0. The highest BCUT2D eigenvalue weighted by Gasteiger charge is 2.16. The van der Waals surface area contributed by atoms with Gasteiger partial charge in [0.1, 0.15) is 18.2 Å². The minimum Gasteiger partial charge on any atom is -0.478 e. The van der Waals surface area contributed by atoms with Gasteiger partial charge in [0.15, 0.2) is 0 Å². The summed E-state index contributed by atoms with van der Waals surface area (Å²) in [5.41, 5.74) is 0. The van der Waals surface area contributed by atoms with Gasteiger partial charge in [0.2, 0.25) is 5.88 Å². The first kappa shape index (κ1) is 12.6. The molecule has 0 aliphatic carbocycles. The monoisotopic (exact) mass is 233 g/mol. The molecule has 0 fully saturated rings. The number of anilines is 1. The van der Waals surface area contributed by atoms with E-state index in [2.05, 4.69) is 15.3 Å². The van der Waals surface area contributed by atoms with Crippen molar-refractivity contribution >= 4 is 5.82 Å². The van der Waals surface area contributed by atoms with E-state index in [1.807, 2.05) is 0 Å². The predicted octanol–water partition coefficient (Wildman–Crippen LogP) is 0.913. The summed E-state index contributed by atoms with van der Waals surface area (Å²) in [7, 11) is 0. The standard InChI is InChI=1S/C9H13F2N3O2/c1-2-16-8-3-7(13-5-14-8)12-4-6(15)9(10)11/h3,5-6,9,15H,2,4H2,1H3,(H,12,13,14). The molecular formula is C9H13F2N3O2. The number of ether oxygens (including phenoxy) is 1. The van der Waals surface area contributed by atoms with E-state index in [9.17, 15) is 8.78 Å². The third kappa shape index (κ3) is 3.93. The highest BCUT2D eigenvalue weighted by atomic mass is 19.3. The Morgan fingerprint density at radius 1 is 1.50 bits per heavy atom. The van der Waals surface area contributed by atoms with Gasteiger partial charge in [-0.1, -0.05) is 0 Å².